The van der Waals surface area contributed by atoms with Crippen molar-refractivity contribution >= 4 is 19.5 Å². The lowest BCUT2D eigenvalue weighted by atomic mass is 10.1. The summed E-state index contributed by atoms with van der Waals surface area (Å²) < 4.78 is 5.33. The third kappa shape index (κ3) is 6.01. The second kappa shape index (κ2) is 9.72. The largest absolute Gasteiger partial charge is 0.466 e. The van der Waals surface area contributed by atoms with E-state index in [1.807, 2.05) is 12.1 Å². The second-order valence-electron chi connectivity index (χ2n) is 4.41. The van der Waals surface area contributed by atoms with E-state index in [1.165, 1.54) is 23.2 Å². The highest BCUT2D eigenvalue weighted by Gasteiger charge is 1.99. The molecule has 3 heteroatoms. The minimum absolute atomic E-state index is 0.610. The molecule has 0 aliphatic carbocycles. The summed E-state index contributed by atoms with van der Waals surface area (Å²) in [7, 11) is 0.344. The molecule has 1 nitrogen and oxygen atoms in total. The van der Waals surface area contributed by atoms with Crippen molar-refractivity contribution < 1.29 is 4.12 Å². The maximum absolute atomic E-state index is 5.33. The van der Waals surface area contributed by atoms with Crippen molar-refractivity contribution in [1.82, 2.24) is 0 Å². The van der Waals surface area contributed by atoms with Gasteiger partial charge in [0.25, 0.3) is 0 Å². The van der Waals surface area contributed by atoms with Crippen LogP contribution in [0.2, 0.25) is 12.1 Å². The normalized spacial score (nSPS) is 10.1. The van der Waals surface area contributed by atoms with Gasteiger partial charge in [0, 0.05) is 0 Å². The Balaban J connectivity index is 0.000000224. The standard InChI is InChI=1S/C12H10.C4H14OSi2/c1-3-7-11(8-4-1)12-9-5-2-6-10-12;1-3-7(4-2)5-6/h1-10H;7H,3-4H2,1-2,6H3. The quantitative estimate of drug-likeness (QED) is 0.784. The van der Waals surface area contributed by atoms with Crippen LogP contribution in [0.3, 0.4) is 0 Å². The molecule has 2 rings (SSSR count). The second-order valence-corrected chi connectivity index (χ2v) is 9.17. The van der Waals surface area contributed by atoms with Gasteiger partial charge in [-0.05, 0) is 23.2 Å². The smallest absolute Gasteiger partial charge is 0.161 e. The van der Waals surface area contributed by atoms with Gasteiger partial charge in [-0.1, -0.05) is 74.5 Å². The maximum atomic E-state index is 5.33. The molecule has 0 N–H and O–H groups in total. The monoisotopic (exact) mass is 288 g/mol. The summed E-state index contributed by atoms with van der Waals surface area (Å²) in [4.78, 5) is 0. The predicted molar refractivity (Wildman–Crippen MR) is 91.0 cm³/mol. The van der Waals surface area contributed by atoms with E-state index in [1.54, 1.807) is 0 Å². The molecule has 0 bridgehead atoms. The van der Waals surface area contributed by atoms with E-state index >= 15 is 0 Å². The van der Waals surface area contributed by atoms with E-state index in [-0.39, 0.29) is 0 Å². The molecular weight excluding hydrogens is 264 g/mol. The molecule has 0 heterocycles. The number of hydrogen-bond acceptors (Lipinski definition) is 1. The van der Waals surface area contributed by atoms with E-state index in [9.17, 15) is 0 Å². The van der Waals surface area contributed by atoms with Crippen LogP contribution < -0.4 is 0 Å². The fourth-order valence-corrected chi connectivity index (χ4v) is 5.13. The molecular formula is C16H24OSi2. The van der Waals surface area contributed by atoms with E-state index in [0.717, 1.165) is 10.5 Å². The van der Waals surface area contributed by atoms with Crippen LogP contribution in [-0.4, -0.2) is 19.5 Å². The minimum Gasteiger partial charge on any atom is -0.466 e. The minimum atomic E-state index is -0.610. The lowest BCUT2D eigenvalue weighted by Gasteiger charge is -2.05. The van der Waals surface area contributed by atoms with Crippen LogP contribution in [0.5, 0.6) is 0 Å². The van der Waals surface area contributed by atoms with Crippen molar-refractivity contribution in [1.29, 1.82) is 0 Å². The zero-order chi connectivity index (χ0) is 13.9. The molecule has 0 saturated carbocycles. The molecule has 0 aliphatic heterocycles. The molecule has 102 valence electrons. The fourth-order valence-electron chi connectivity index (χ4n) is 1.88. The SMILES string of the molecule is CC[SiH](CC)O[SiH3].c1ccc(-c2ccccc2)cc1. The summed E-state index contributed by atoms with van der Waals surface area (Å²) in [6, 6.07) is 23.4. The Hall–Kier alpha value is -1.17. The van der Waals surface area contributed by atoms with Gasteiger partial charge in [-0.15, -0.1) is 0 Å². The third-order valence-corrected chi connectivity index (χ3v) is 7.61. The molecule has 2 aromatic carbocycles. The fraction of sp³-hybridized carbons (Fsp3) is 0.250. The van der Waals surface area contributed by atoms with Crippen LogP contribution >= 0.6 is 0 Å². The Morgan fingerprint density at radius 1 is 0.789 bits per heavy atom. The van der Waals surface area contributed by atoms with Crippen LogP contribution in [0.15, 0.2) is 60.7 Å². The first-order valence-corrected chi connectivity index (χ1v) is 9.87. The molecule has 0 fully saturated rings. The number of hydrogen-bond donors (Lipinski definition) is 0. The van der Waals surface area contributed by atoms with Gasteiger partial charge in [0.05, 0.1) is 0 Å². The lowest BCUT2D eigenvalue weighted by molar-refractivity contribution is 0.629. The first kappa shape index (κ1) is 15.9. The molecule has 0 atom stereocenters. The Bertz CT molecular complexity index is 384. The summed E-state index contributed by atoms with van der Waals surface area (Å²) in [5, 5.41) is 0. The van der Waals surface area contributed by atoms with E-state index < -0.39 is 9.04 Å². The molecule has 0 aliphatic rings. The zero-order valence-electron chi connectivity index (χ0n) is 12.2. The highest BCUT2D eigenvalue weighted by molar-refractivity contribution is 6.55. The third-order valence-electron chi connectivity index (χ3n) is 3.12. The maximum Gasteiger partial charge on any atom is 0.161 e. The molecule has 0 amide bonds. The molecule has 0 radical (unpaired) electrons. The summed E-state index contributed by atoms with van der Waals surface area (Å²) >= 11 is 0. The van der Waals surface area contributed by atoms with Crippen molar-refractivity contribution in [3.05, 3.63) is 60.7 Å². The van der Waals surface area contributed by atoms with Crippen molar-refractivity contribution in [3.8, 4) is 11.1 Å². The van der Waals surface area contributed by atoms with Crippen LogP contribution in [-0.2, 0) is 4.12 Å². The average molecular weight is 289 g/mol. The van der Waals surface area contributed by atoms with Gasteiger partial charge in [0.15, 0.2) is 9.04 Å². The van der Waals surface area contributed by atoms with Crippen LogP contribution in [0, 0.1) is 0 Å². The molecule has 2 aromatic rings. The van der Waals surface area contributed by atoms with Gasteiger partial charge in [-0.3, -0.25) is 0 Å². The Morgan fingerprint density at radius 3 is 1.37 bits per heavy atom. The molecule has 0 unspecified atom stereocenters. The van der Waals surface area contributed by atoms with Gasteiger partial charge in [0.1, 0.15) is 10.5 Å². The first-order valence-electron chi connectivity index (χ1n) is 6.95. The van der Waals surface area contributed by atoms with E-state index in [0.29, 0.717) is 0 Å². The van der Waals surface area contributed by atoms with Crippen LogP contribution in [0.4, 0.5) is 0 Å². The van der Waals surface area contributed by atoms with Crippen molar-refractivity contribution in [3.63, 3.8) is 0 Å². The summed E-state index contributed by atoms with van der Waals surface area (Å²) in [5.74, 6) is 0. The molecule has 19 heavy (non-hydrogen) atoms. The predicted octanol–water partition coefficient (Wildman–Crippen LogP) is 3.40. The van der Waals surface area contributed by atoms with Crippen molar-refractivity contribution in [2.45, 2.75) is 25.9 Å². The topological polar surface area (TPSA) is 9.23 Å². The molecule has 0 spiro atoms. The first-order chi connectivity index (χ1) is 9.31. The van der Waals surface area contributed by atoms with Gasteiger partial charge in [-0.25, -0.2) is 0 Å². The van der Waals surface area contributed by atoms with Crippen molar-refractivity contribution in [2.24, 2.45) is 0 Å². The Morgan fingerprint density at radius 2 is 1.16 bits per heavy atom. The van der Waals surface area contributed by atoms with Crippen LogP contribution in [0.25, 0.3) is 11.1 Å². The van der Waals surface area contributed by atoms with E-state index in [2.05, 4.69) is 62.4 Å². The number of rotatable bonds is 4. The summed E-state index contributed by atoms with van der Waals surface area (Å²) in [6.07, 6.45) is 0. The Labute approximate surface area is 121 Å². The van der Waals surface area contributed by atoms with Gasteiger partial charge in [0.2, 0.25) is 0 Å². The Kier molecular flexibility index (Phi) is 8.13. The highest BCUT2D eigenvalue weighted by Crippen LogP contribution is 2.17. The summed E-state index contributed by atoms with van der Waals surface area (Å²) in [5.41, 5.74) is 2.55. The van der Waals surface area contributed by atoms with Crippen LogP contribution in [0.1, 0.15) is 13.8 Å². The summed E-state index contributed by atoms with van der Waals surface area (Å²) in [6.45, 7) is 4.44. The van der Waals surface area contributed by atoms with Gasteiger partial charge < -0.3 is 4.12 Å². The lowest BCUT2D eigenvalue weighted by Crippen LogP contribution is -2.12. The van der Waals surface area contributed by atoms with Gasteiger partial charge >= 0.3 is 0 Å². The highest BCUT2D eigenvalue weighted by atomic mass is 28.3. The molecule has 0 saturated heterocycles. The van der Waals surface area contributed by atoms with E-state index in [4.69, 9.17) is 4.12 Å². The zero-order valence-corrected chi connectivity index (χ0v) is 15.3. The average Bonchev–Trinajstić information content (AvgIpc) is 2.51. The van der Waals surface area contributed by atoms with Crippen molar-refractivity contribution in [2.75, 3.05) is 0 Å². The van der Waals surface area contributed by atoms with Gasteiger partial charge in [-0.2, -0.15) is 0 Å². The number of benzene rings is 2. The molecule has 0 aromatic heterocycles.